The van der Waals surface area contributed by atoms with Crippen LogP contribution in [-0.2, 0) is 42.9 Å². The minimum atomic E-state index is -1.37. The van der Waals surface area contributed by atoms with Gasteiger partial charge in [-0.2, -0.15) is 0 Å². The molecular formula is C35H36O12. The van der Waals surface area contributed by atoms with E-state index in [1.165, 1.54) is 36.8 Å². The molecule has 1 aromatic carbocycles. The molecule has 2 N–H and O–H groups in total. The topological polar surface area (TPSA) is 171 Å². The molecule has 5 heterocycles. The van der Waals surface area contributed by atoms with Gasteiger partial charge in [0, 0.05) is 27.9 Å². The van der Waals surface area contributed by atoms with Crippen LogP contribution in [0.1, 0.15) is 64.2 Å². The monoisotopic (exact) mass is 648 g/mol. The van der Waals surface area contributed by atoms with Gasteiger partial charge in [-0.15, -0.1) is 0 Å². The van der Waals surface area contributed by atoms with Crippen LogP contribution in [-0.4, -0.2) is 70.0 Å². The number of benzene rings is 1. The zero-order valence-corrected chi connectivity index (χ0v) is 26.4. The molecular weight excluding hydrogens is 612 g/mol. The fourth-order valence-corrected chi connectivity index (χ4v) is 10.6. The Bertz CT molecular complexity index is 1740. The smallest absolute Gasteiger partial charge is 0.339 e. The highest BCUT2D eigenvalue weighted by Crippen LogP contribution is 2.80. The number of aromatic hydroxyl groups is 2. The number of hydrogen-bond acceptors (Lipinski definition) is 12. The molecule has 6 fully saturated rings. The Balaban J connectivity index is 1.27. The third-order valence-corrected chi connectivity index (χ3v) is 12.3. The van der Waals surface area contributed by atoms with Gasteiger partial charge in [-0.25, -0.2) is 9.59 Å². The maximum Gasteiger partial charge on any atom is 0.339 e. The van der Waals surface area contributed by atoms with Crippen LogP contribution in [0.25, 0.3) is 6.08 Å². The van der Waals surface area contributed by atoms with E-state index in [1.54, 1.807) is 6.07 Å². The molecule has 2 saturated carbocycles. The van der Waals surface area contributed by atoms with E-state index in [4.69, 9.17) is 28.1 Å². The first-order chi connectivity index (χ1) is 22.2. The van der Waals surface area contributed by atoms with E-state index in [9.17, 15) is 24.6 Å². The normalized spacial score (nSPS) is 42.7. The first-order valence-electron chi connectivity index (χ1n) is 15.9. The van der Waals surface area contributed by atoms with Crippen molar-refractivity contribution in [3.05, 3.63) is 54.0 Å². The van der Waals surface area contributed by atoms with Gasteiger partial charge in [0.1, 0.15) is 18.3 Å². The fraction of sp³-hybridized carbons (Fsp3) is 0.543. The number of phenols is 2. The molecule has 47 heavy (non-hydrogen) atoms. The number of fused-ring (bicyclic) bond motifs is 1. The van der Waals surface area contributed by atoms with Gasteiger partial charge in [0.2, 0.25) is 0 Å². The Hall–Kier alpha value is -4.16. The number of epoxide rings is 1. The van der Waals surface area contributed by atoms with E-state index in [0.29, 0.717) is 24.0 Å². The van der Waals surface area contributed by atoms with Crippen molar-refractivity contribution in [1.29, 1.82) is 0 Å². The summed E-state index contributed by atoms with van der Waals surface area (Å²) in [7, 11) is 0. The average Bonchev–Trinajstić information content (AvgIpc) is 3.49. The highest BCUT2D eigenvalue weighted by atomic mass is 16.7. The molecule has 6 aliphatic rings. The van der Waals surface area contributed by atoms with Crippen LogP contribution in [0.4, 0.5) is 0 Å². The second-order valence-corrected chi connectivity index (χ2v) is 14.8. The number of carbonyl (C=O) groups excluding carboxylic acids is 4. The summed E-state index contributed by atoms with van der Waals surface area (Å²) < 4.78 is 36.4. The van der Waals surface area contributed by atoms with Crippen LogP contribution in [0, 0.1) is 28.1 Å². The Kier molecular flexibility index (Phi) is 6.08. The minimum Gasteiger partial charge on any atom is -0.504 e. The molecule has 0 amide bonds. The van der Waals surface area contributed by atoms with Crippen molar-refractivity contribution in [3.63, 3.8) is 0 Å². The van der Waals surface area contributed by atoms with E-state index in [-0.39, 0.29) is 30.3 Å². The van der Waals surface area contributed by atoms with Crippen molar-refractivity contribution in [2.75, 3.05) is 6.61 Å². The van der Waals surface area contributed by atoms with Crippen LogP contribution >= 0.6 is 0 Å². The van der Waals surface area contributed by atoms with Gasteiger partial charge < -0.3 is 38.3 Å². The average molecular weight is 649 g/mol. The number of ether oxygens (including phenoxy) is 5. The van der Waals surface area contributed by atoms with Crippen molar-refractivity contribution in [1.82, 2.24) is 0 Å². The maximum absolute atomic E-state index is 15.1. The standard InChI is InChI=1S/C35H36O12/c1-31(2)26-25(40)28(44-23(38)8-6-17-5-7-19(36)20(37)13-17)33(4)21(34(26)16-43-24(39)14-22(34)46-31)9-11-32(3)27(18-10-12-42-15-18)45-30(41)29-35(32,33)47-29/h5-8,10,12-13,15,21-22,26-29,36-37H,9,11,14,16H2,1-4H3/b8-6+/t21-,22-,26-,27-,28-,29+,32-,33-,34-,35+/m0/s1. The third kappa shape index (κ3) is 3.65. The lowest BCUT2D eigenvalue weighted by atomic mass is 9.36. The molecule has 0 radical (unpaired) electrons. The first-order valence-corrected chi connectivity index (χ1v) is 15.9. The maximum atomic E-state index is 15.1. The summed E-state index contributed by atoms with van der Waals surface area (Å²) >= 11 is 0. The van der Waals surface area contributed by atoms with Gasteiger partial charge in [0.05, 0.1) is 36.6 Å². The Morgan fingerprint density at radius 1 is 1.02 bits per heavy atom. The number of rotatable bonds is 4. The molecule has 12 nitrogen and oxygen atoms in total. The molecule has 2 aliphatic carbocycles. The molecule has 4 saturated heterocycles. The molecule has 8 rings (SSSR count). The zero-order chi connectivity index (χ0) is 33.3. The van der Waals surface area contributed by atoms with Gasteiger partial charge in [-0.3, -0.25) is 9.59 Å². The summed E-state index contributed by atoms with van der Waals surface area (Å²) in [4.78, 5) is 54.9. The van der Waals surface area contributed by atoms with Gasteiger partial charge in [0.25, 0.3) is 0 Å². The van der Waals surface area contributed by atoms with Gasteiger partial charge in [-0.1, -0.05) is 19.9 Å². The van der Waals surface area contributed by atoms with Crippen LogP contribution in [0.3, 0.4) is 0 Å². The fourth-order valence-electron chi connectivity index (χ4n) is 10.6. The van der Waals surface area contributed by atoms with Crippen LogP contribution in [0.5, 0.6) is 11.5 Å². The Morgan fingerprint density at radius 2 is 1.81 bits per heavy atom. The minimum absolute atomic E-state index is 0.0271. The van der Waals surface area contributed by atoms with Crippen LogP contribution in [0.15, 0.2) is 47.3 Å². The van der Waals surface area contributed by atoms with E-state index in [0.717, 1.165) is 6.08 Å². The van der Waals surface area contributed by atoms with Crippen molar-refractivity contribution < 1.29 is 57.5 Å². The molecule has 1 aromatic heterocycles. The number of ketones is 1. The van der Waals surface area contributed by atoms with Crippen molar-refractivity contribution in [3.8, 4) is 11.5 Å². The predicted octanol–water partition coefficient (Wildman–Crippen LogP) is 3.78. The molecule has 4 aliphatic heterocycles. The first kappa shape index (κ1) is 30.2. The number of esters is 3. The summed E-state index contributed by atoms with van der Waals surface area (Å²) in [6.45, 7) is 7.42. The number of phenolic OH excluding ortho intramolecular Hbond substituents is 2. The summed E-state index contributed by atoms with van der Waals surface area (Å²) in [6, 6.07) is 5.82. The molecule has 2 spiro atoms. The molecule has 248 valence electrons. The summed E-state index contributed by atoms with van der Waals surface area (Å²) in [6.07, 6.45) is 2.84. The van der Waals surface area contributed by atoms with E-state index >= 15 is 4.79 Å². The predicted molar refractivity (Wildman–Crippen MR) is 158 cm³/mol. The van der Waals surface area contributed by atoms with Crippen LogP contribution < -0.4 is 0 Å². The third-order valence-electron chi connectivity index (χ3n) is 12.3. The van der Waals surface area contributed by atoms with Gasteiger partial charge in [-0.05, 0) is 62.4 Å². The summed E-state index contributed by atoms with van der Waals surface area (Å²) in [5.74, 6) is -4.08. The van der Waals surface area contributed by atoms with Crippen molar-refractivity contribution in [2.24, 2.45) is 28.1 Å². The lowest BCUT2D eigenvalue weighted by Gasteiger charge is -2.66. The molecule has 2 aromatic rings. The summed E-state index contributed by atoms with van der Waals surface area (Å²) in [5.41, 5.74) is -4.33. The second kappa shape index (κ2) is 9.47. The number of hydrogen-bond donors (Lipinski definition) is 2. The molecule has 0 unspecified atom stereocenters. The zero-order valence-electron chi connectivity index (χ0n) is 26.4. The number of cyclic esters (lactones) is 2. The molecule has 12 heteroatoms. The highest BCUT2D eigenvalue weighted by Gasteiger charge is 2.91. The van der Waals surface area contributed by atoms with Gasteiger partial charge in [0.15, 0.2) is 29.5 Å². The Morgan fingerprint density at radius 3 is 2.53 bits per heavy atom. The molecule has 10 atom stereocenters. The number of Topliss-reactive ketones (excluding diaryl/α,β-unsaturated/α-hetero) is 1. The highest BCUT2D eigenvalue weighted by molar-refractivity contribution is 5.96. The lowest BCUT2D eigenvalue weighted by Crippen LogP contribution is -2.76. The summed E-state index contributed by atoms with van der Waals surface area (Å²) in [5, 5.41) is 19.6. The molecule has 0 bridgehead atoms. The Labute approximate surface area is 269 Å². The van der Waals surface area contributed by atoms with E-state index < -0.39 is 81.6 Å². The lowest BCUT2D eigenvalue weighted by molar-refractivity contribution is -0.255. The van der Waals surface area contributed by atoms with E-state index in [2.05, 4.69) is 0 Å². The number of carbonyl (C=O) groups is 4. The second-order valence-electron chi connectivity index (χ2n) is 14.8. The van der Waals surface area contributed by atoms with Gasteiger partial charge >= 0.3 is 17.9 Å². The quantitative estimate of drug-likeness (QED) is 0.162. The van der Waals surface area contributed by atoms with Crippen molar-refractivity contribution >= 4 is 29.8 Å². The van der Waals surface area contributed by atoms with Crippen LogP contribution in [0.2, 0.25) is 0 Å². The largest absolute Gasteiger partial charge is 0.504 e. The van der Waals surface area contributed by atoms with Crippen molar-refractivity contribution in [2.45, 2.75) is 82.6 Å². The number of furan rings is 1. The SMILES string of the molecule is CC1(C)O[C@H]2CC(=O)OC[C@]23[C@H]2CC[C@@]4(C)[C@H](c5ccoc5)OC(=O)[C@H]5O[C@]54[C@]2(C)[C@@H](OC(=O)/C=C/c2ccc(O)c(O)c2)C(=O)[C@@H]13. The van der Waals surface area contributed by atoms with E-state index in [1.807, 2.05) is 27.7 Å².